The minimum absolute atomic E-state index is 0.101. The molecule has 7 nitrogen and oxygen atoms in total. The molecule has 39 heavy (non-hydrogen) atoms. The van der Waals surface area contributed by atoms with Gasteiger partial charge in [-0.15, -0.1) is 0 Å². The molecule has 0 bridgehead atoms. The van der Waals surface area contributed by atoms with E-state index in [0.29, 0.717) is 47.4 Å². The second kappa shape index (κ2) is 13.6. The van der Waals surface area contributed by atoms with E-state index in [2.05, 4.69) is 12.2 Å². The standard InChI is InChI=1S/C31H33ClN4O3/c1-3-5-20-39-25-17-15-24(16-18-25)31(38)35(19-4-2)22-30(37)33-29-21-27(23-11-7-6-8-12-23)34-36(29)28-14-10-9-13-26(28)32/h6-18,21H,3-5,19-20,22H2,1-2H3,(H,33,37). The largest absolute Gasteiger partial charge is 0.494 e. The molecule has 2 amide bonds. The summed E-state index contributed by atoms with van der Waals surface area (Å²) in [5.74, 6) is 0.645. The zero-order chi connectivity index (χ0) is 27.6. The van der Waals surface area contributed by atoms with E-state index in [0.717, 1.165) is 24.2 Å². The van der Waals surface area contributed by atoms with Crippen LogP contribution in [0.5, 0.6) is 5.75 Å². The Morgan fingerprint density at radius 1 is 0.949 bits per heavy atom. The van der Waals surface area contributed by atoms with E-state index >= 15 is 0 Å². The molecule has 3 aromatic carbocycles. The molecular formula is C31H33ClN4O3. The number of rotatable bonds is 12. The monoisotopic (exact) mass is 544 g/mol. The molecule has 1 aromatic heterocycles. The van der Waals surface area contributed by atoms with Crippen LogP contribution in [0.15, 0.2) is 84.9 Å². The lowest BCUT2D eigenvalue weighted by Crippen LogP contribution is -2.38. The molecule has 0 saturated heterocycles. The van der Waals surface area contributed by atoms with Crippen molar-refractivity contribution in [3.05, 3.63) is 95.5 Å². The lowest BCUT2D eigenvalue weighted by atomic mass is 10.1. The molecule has 0 atom stereocenters. The van der Waals surface area contributed by atoms with Crippen LogP contribution in [0.1, 0.15) is 43.5 Å². The van der Waals surface area contributed by atoms with Crippen molar-refractivity contribution in [1.82, 2.24) is 14.7 Å². The van der Waals surface area contributed by atoms with E-state index in [9.17, 15) is 9.59 Å². The molecule has 4 aromatic rings. The number of carbonyl (C=O) groups is 2. The Morgan fingerprint density at radius 3 is 2.36 bits per heavy atom. The minimum Gasteiger partial charge on any atom is -0.494 e. The summed E-state index contributed by atoms with van der Waals surface area (Å²) in [7, 11) is 0. The van der Waals surface area contributed by atoms with Crippen LogP contribution in [0.2, 0.25) is 5.02 Å². The predicted molar refractivity (Wildman–Crippen MR) is 156 cm³/mol. The third kappa shape index (κ3) is 7.27. The smallest absolute Gasteiger partial charge is 0.254 e. The zero-order valence-electron chi connectivity index (χ0n) is 22.3. The SMILES string of the molecule is CCCCOc1ccc(C(=O)N(CCC)CC(=O)Nc2cc(-c3ccccc3)nn2-c2ccccc2Cl)cc1. The van der Waals surface area contributed by atoms with Gasteiger partial charge in [0.05, 0.1) is 23.0 Å². The average molecular weight is 545 g/mol. The maximum atomic E-state index is 13.3. The molecule has 1 heterocycles. The number of benzene rings is 3. The van der Waals surface area contributed by atoms with Crippen LogP contribution in [0.3, 0.4) is 0 Å². The number of para-hydroxylation sites is 1. The van der Waals surface area contributed by atoms with Crippen molar-refractivity contribution in [2.75, 3.05) is 25.0 Å². The number of ether oxygens (including phenoxy) is 1. The molecule has 0 saturated carbocycles. The minimum atomic E-state index is -0.330. The first-order chi connectivity index (χ1) is 19.0. The molecular weight excluding hydrogens is 512 g/mol. The third-order valence-electron chi connectivity index (χ3n) is 6.11. The van der Waals surface area contributed by atoms with Crippen molar-refractivity contribution in [3.8, 4) is 22.7 Å². The van der Waals surface area contributed by atoms with Crippen molar-refractivity contribution in [1.29, 1.82) is 0 Å². The van der Waals surface area contributed by atoms with Crippen LogP contribution in [-0.2, 0) is 4.79 Å². The predicted octanol–water partition coefficient (Wildman–Crippen LogP) is 6.86. The van der Waals surface area contributed by atoms with Crippen molar-refractivity contribution in [2.24, 2.45) is 0 Å². The van der Waals surface area contributed by atoms with Gasteiger partial charge in [-0.25, -0.2) is 4.68 Å². The summed E-state index contributed by atoms with van der Waals surface area (Å²) >= 11 is 6.47. The molecule has 0 radical (unpaired) electrons. The van der Waals surface area contributed by atoms with Gasteiger partial charge in [0.2, 0.25) is 5.91 Å². The van der Waals surface area contributed by atoms with Gasteiger partial charge in [-0.3, -0.25) is 9.59 Å². The molecule has 0 unspecified atom stereocenters. The van der Waals surface area contributed by atoms with Gasteiger partial charge >= 0.3 is 0 Å². The first-order valence-electron chi connectivity index (χ1n) is 13.2. The topological polar surface area (TPSA) is 76.5 Å². The zero-order valence-corrected chi connectivity index (χ0v) is 23.0. The van der Waals surface area contributed by atoms with Gasteiger partial charge in [0.15, 0.2) is 0 Å². The van der Waals surface area contributed by atoms with Gasteiger partial charge < -0.3 is 15.0 Å². The molecule has 0 aliphatic heterocycles. The molecule has 1 N–H and O–H groups in total. The first-order valence-corrected chi connectivity index (χ1v) is 13.6. The Kier molecular flexibility index (Phi) is 9.75. The quantitative estimate of drug-likeness (QED) is 0.198. The van der Waals surface area contributed by atoms with Crippen LogP contribution in [0, 0.1) is 0 Å². The summed E-state index contributed by atoms with van der Waals surface area (Å²) in [4.78, 5) is 28.1. The van der Waals surface area contributed by atoms with Crippen molar-refractivity contribution >= 4 is 29.2 Å². The maximum Gasteiger partial charge on any atom is 0.254 e. The lowest BCUT2D eigenvalue weighted by Gasteiger charge is -2.22. The number of aromatic nitrogens is 2. The van der Waals surface area contributed by atoms with Gasteiger partial charge in [-0.1, -0.05) is 74.3 Å². The number of nitrogens with one attached hydrogen (secondary N) is 1. The van der Waals surface area contributed by atoms with Crippen molar-refractivity contribution in [3.63, 3.8) is 0 Å². The lowest BCUT2D eigenvalue weighted by molar-refractivity contribution is -0.116. The molecule has 0 aliphatic carbocycles. The molecule has 0 fully saturated rings. The summed E-state index contributed by atoms with van der Waals surface area (Å²) < 4.78 is 7.32. The second-order valence-electron chi connectivity index (χ2n) is 9.15. The van der Waals surface area contributed by atoms with Gasteiger partial charge in [-0.05, 0) is 49.2 Å². The fourth-order valence-corrected chi connectivity index (χ4v) is 4.33. The number of nitrogens with zero attached hydrogens (tertiary/aromatic N) is 3. The van der Waals surface area contributed by atoms with Gasteiger partial charge in [0.25, 0.3) is 5.91 Å². The number of anilines is 1. The van der Waals surface area contributed by atoms with Crippen LogP contribution < -0.4 is 10.1 Å². The third-order valence-corrected chi connectivity index (χ3v) is 6.43. The van der Waals surface area contributed by atoms with E-state index in [1.807, 2.05) is 55.5 Å². The van der Waals surface area contributed by atoms with Crippen molar-refractivity contribution in [2.45, 2.75) is 33.1 Å². The van der Waals surface area contributed by atoms with E-state index in [4.69, 9.17) is 21.4 Å². The molecule has 202 valence electrons. The molecule has 0 spiro atoms. The van der Waals surface area contributed by atoms with Gasteiger partial charge in [-0.2, -0.15) is 5.10 Å². The van der Waals surface area contributed by atoms with E-state index < -0.39 is 0 Å². The number of hydrogen-bond donors (Lipinski definition) is 1. The van der Waals surface area contributed by atoms with Crippen LogP contribution >= 0.6 is 11.6 Å². The highest BCUT2D eigenvalue weighted by atomic mass is 35.5. The number of hydrogen-bond acceptors (Lipinski definition) is 4. The average Bonchev–Trinajstić information content (AvgIpc) is 3.37. The Morgan fingerprint density at radius 2 is 1.67 bits per heavy atom. The van der Waals surface area contributed by atoms with Gasteiger partial charge in [0.1, 0.15) is 18.1 Å². The highest BCUT2D eigenvalue weighted by Crippen LogP contribution is 2.28. The highest BCUT2D eigenvalue weighted by Gasteiger charge is 2.21. The number of carbonyl (C=O) groups excluding carboxylic acids is 2. The summed E-state index contributed by atoms with van der Waals surface area (Å²) in [5.41, 5.74) is 2.74. The molecule has 8 heteroatoms. The van der Waals surface area contributed by atoms with E-state index in [-0.39, 0.29) is 18.4 Å². The maximum absolute atomic E-state index is 13.3. The Bertz CT molecular complexity index is 1390. The van der Waals surface area contributed by atoms with Gasteiger partial charge in [0, 0.05) is 23.7 Å². The Labute approximate surface area is 234 Å². The molecule has 0 aliphatic rings. The second-order valence-corrected chi connectivity index (χ2v) is 9.55. The Hall–Kier alpha value is -4.10. The summed E-state index contributed by atoms with van der Waals surface area (Å²) in [6.07, 6.45) is 2.74. The van der Waals surface area contributed by atoms with Crippen LogP contribution in [0.25, 0.3) is 16.9 Å². The summed E-state index contributed by atoms with van der Waals surface area (Å²) in [6.45, 7) is 5.07. The van der Waals surface area contributed by atoms with E-state index in [1.54, 1.807) is 46.0 Å². The Balaban J connectivity index is 1.53. The van der Waals surface area contributed by atoms with Crippen LogP contribution in [-0.4, -0.2) is 46.2 Å². The van der Waals surface area contributed by atoms with Crippen molar-refractivity contribution < 1.29 is 14.3 Å². The highest BCUT2D eigenvalue weighted by molar-refractivity contribution is 6.32. The summed E-state index contributed by atoms with van der Waals surface area (Å²) in [6, 6.07) is 25.9. The summed E-state index contributed by atoms with van der Waals surface area (Å²) in [5, 5.41) is 8.17. The molecule has 4 rings (SSSR count). The van der Waals surface area contributed by atoms with Crippen LogP contribution in [0.4, 0.5) is 5.82 Å². The number of halogens is 1. The number of amides is 2. The fourth-order valence-electron chi connectivity index (χ4n) is 4.12. The first kappa shape index (κ1) is 27.9. The normalized spacial score (nSPS) is 10.7. The van der Waals surface area contributed by atoms with E-state index in [1.165, 1.54) is 0 Å². The number of unbranched alkanes of at least 4 members (excludes halogenated alkanes) is 1. The fraction of sp³-hybridized carbons (Fsp3) is 0.258.